The molecule has 0 N–H and O–H groups in total. The van der Waals surface area contributed by atoms with Crippen molar-refractivity contribution in [2.24, 2.45) is 0 Å². The highest BCUT2D eigenvalue weighted by Crippen LogP contribution is 2.09. The molecule has 0 radical (unpaired) electrons. The molecule has 15 heavy (non-hydrogen) atoms. The van der Waals surface area contributed by atoms with E-state index in [4.69, 9.17) is 0 Å². The quantitative estimate of drug-likeness (QED) is 0.514. The van der Waals surface area contributed by atoms with Crippen molar-refractivity contribution >= 4 is 11.9 Å². The second kappa shape index (κ2) is 6.14. The lowest BCUT2D eigenvalue weighted by molar-refractivity contribution is 0.0981. The molecule has 0 aromatic heterocycles. The van der Waals surface area contributed by atoms with Gasteiger partial charge in [-0.25, -0.2) is 0 Å². The van der Waals surface area contributed by atoms with E-state index in [9.17, 15) is 4.79 Å². The van der Waals surface area contributed by atoms with Crippen LogP contribution in [0.4, 0.5) is 0 Å². The molecule has 0 aliphatic rings. The lowest BCUT2D eigenvalue weighted by Crippen LogP contribution is -1.99. The van der Waals surface area contributed by atoms with Gasteiger partial charge >= 0.3 is 0 Å². The summed E-state index contributed by atoms with van der Waals surface area (Å²) in [5.41, 5.74) is 1.81. The van der Waals surface area contributed by atoms with Gasteiger partial charge in [-0.2, -0.15) is 7.05 Å². The van der Waals surface area contributed by atoms with Gasteiger partial charge in [-0.3, -0.25) is 4.79 Å². The SMILES string of the molecule is C=Cc1ccc(C(=O)CCC[N-]C)cc1. The van der Waals surface area contributed by atoms with Crippen molar-refractivity contribution in [1.29, 1.82) is 0 Å². The first kappa shape index (κ1) is 11.7. The number of hydrogen-bond donors (Lipinski definition) is 0. The summed E-state index contributed by atoms with van der Waals surface area (Å²) in [5.74, 6) is 0.189. The van der Waals surface area contributed by atoms with Crippen LogP contribution in [0.2, 0.25) is 0 Å². The lowest BCUT2D eigenvalue weighted by atomic mass is 10.0. The van der Waals surface area contributed by atoms with Gasteiger partial charge in [0.15, 0.2) is 5.78 Å². The monoisotopic (exact) mass is 202 g/mol. The van der Waals surface area contributed by atoms with Crippen LogP contribution in [-0.4, -0.2) is 19.4 Å². The molecule has 0 unspecified atom stereocenters. The molecule has 0 fully saturated rings. The van der Waals surface area contributed by atoms with Crippen molar-refractivity contribution < 1.29 is 4.79 Å². The van der Waals surface area contributed by atoms with E-state index in [1.807, 2.05) is 24.3 Å². The van der Waals surface area contributed by atoms with E-state index in [1.54, 1.807) is 13.1 Å². The third-order valence-electron chi connectivity index (χ3n) is 2.25. The van der Waals surface area contributed by atoms with Crippen LogP contribution in [0.25, 0.3) is 11.4 Å². The maximum absolute atomic E-state index is 11.7. The number of hydrogen-bond acceptors (Lipinski definition) is 1. The van der Waals surface area contributed by atoms with Gasteiger partial charge in [0.05, 0.1) is 0 Å². The molecule has 2 heteroatoms. The maximum atomic E-state index is 11.7. The average Bonchev–Trinajstić information content (AvgIpc) is 2.29. The number of ketones is 1. The fourth-order valence-electron chi connectivity index (χ4n) is 1.35. The summed E-state index contributed by atoms with van der Waals surface area (Å²) >= 11 is 0. The minimum Gasteiger partial charge on any atom is -0.665 e. The molecule has 1 aromatic carbocycles. The van der Waals surface area contributed by atoms with Crippen molar-refractivity contribution in [3.05, 3.63) is 47.3 Å². The Morgan fingerprint density at radius 3 is 2.60 bits per heavy atom. The summed E-state index contributed by atoms with van der Waals surface area (Å²) in [7, 11) is 1.77. The molecule has 0 aliphatic carbocycles. The predicted octanol–water partition coefficient (Wildman–Crippen LogP) is 3.30. The first-order valence-corrected chi connectivity index (χ1v) is 5.09. The highest BCUT2D eigenvalue weighted by atomic mass is 16.1. The van der Waals surface area contributed by atoms with Crippen LogP contribution in [0, 0.1) is 0 Å². The maximum Gasteiger partial charge on any atom is 0.162 e. The summed E-state index contributed by atoms with van der Waals surface area (Å²) in [6, 6.07) is 7.51. The summed E-state index contributed by atoms with van der Waals surface area (Å²) in [6.45, 7) is 4.43. The van der Waals surface area contributed by atoms with Crippen LogP contribution in [0.3, 0.4) is 0 Å². The molecule has 2 nitrogen and oxygen atoms in total. The van der Waals surface area contributed by atoms with Crippen LogP contribution < -0.4 is 0 Å². The van der Waals surface area contributed by atoms with Crippen molar-refractivity contribution in [3.8, 4) is 0 Å². The molecule has 0 saturated carbocycles. The second-order valence-corrected chi connectivity index (χ2v) is 3.39. The van der Waals surface area contributed by atoms with Crippen LogP contribution in [0.1, 0.15) is 28.8 Å². The Kier molecular flexibility index (Phi) is 4.78. The fourth-order valence-corrected chi connectivity index (χ4v) is 1.35. The third-order valence-corrected chi connectivity index (χ3v) is 2.25. The van der Waals surface area contributed by atoms with E-state index in [-0.39, 0.29) is 5.78 Å². The van der Waals surface area contributed by atoms with Gasteiger partial charge < -0.3 is 5.32 Å². The van der Waals surface area contributed by atoms with E-state index in [0.717, 1.165) is 24.1 Å². The Labute approximate surface area is 91.0 Å². The van der Waals surface area contributed by atoms with Crippen molar-refractivity contribution in [1.82, 2.24) is 0 Å². The molecule has 80 valence electrons. The molecule has 1 aromatic rings. The molecule has 0 atom stereocenters. The second-order valence-electron chi connectivity index (χ2n) is 3.39. The summed E-state index contributed by atoms with van der Waals surface area (Å²) in [4.78, 5) is 11.7. The summed E-state index contributed by atoms with van der Waals surface area (Å²) in [6.07, 6.45) is 3.17. The highest BCUT2D eigenvalue weighted by molar-refractivity contribution is 5.96. The topological polar surface area (TPSA) is 31.2 Å². The van der Waals surface area contributed by atoms with E-state index in [2.05, 4.69) is 11.9 Å². The van der Waals surface area contributed by atoms with Crippen LogP contribution in [0.15, 0.2) is 30.8 Å². The first-order chi connectivity index (χ1) is 7.27. The molecule has 0 saturated heterocycles. The molecule has 0 amide bonds. The Bertz CT molecular complexity index is 327. The molecular formula is C13H16NO-. The van der Waals surface area contributed by atoms with E-state index in [1.165, 1.54) is 0 Å². The van der Waals surface area contributed by atoms with E-state index >= 15 is 0 Å². The Morgan fingerprint density at radius 1 is 1.40 bits per heavy atom. The molecule has 0 aliphatic heterocycles. The molecule has 0 bridgehead atoms. The molecular weight excluding hydrogens is 186 g/mol. The minimum absolute atomic E-state index is 0.189. The van der Waals surface area contributed by atoms with Gasteiger partial charge in [0.2, 0.25) is 0 Å². The van der Waals surface area contributed by atoms with Crippen molar-refractivity contribution in [3.63, 3.8) is 0 Å². The molecule has 0 spiro atoms. The zero-order chi connectivity index (χ0) is 11.1. The number of carbonyl (C=O) groups is 1. The predicted molar refractivity (Wildman–Crippen MR) is 64.2 cm³/mol. The standard InChI is InChI=1S/C13H16NO/c1-3-11-6-8-12(9-7-11)13(15)5-4-10-14-2/h3,6-9H,1,4-5,10H2,2H3/q-1. The number of carbonyl (C=O) groups excluding carboxylic acids is 1. The number of rotatable bonds is 6. The van der Waals surface area contributed by atoms with Crippen LogP contribution >= 0.6 is 0 Å². The Hall–Kier alpha value is -1.41. The number of nitrogens with zero attached hydrogens (tertiary/aromatic N) is 1. The highest BCUT2D eigenvalue weighted by Gasteiger charge is 2.03. The van der Waals surface area contributed by atoms with Crippen molar-refractivity contribution in [2.75, 3.05) is 13.6 Å². The van der Waals surface area contributed by atoms with Gasteiger partial charge in [-0.15, -0.1) is 6.54 Å². The largest absolute Gasteiger partial charge is 0.665 e. The van der Waals surface area contributed by atoms with E-state index in [0.29, 0.717) is 6.42 Å². The number of benzene rings is 1. The van der Waals surface area contributed by atoms with Gasteiger partial charge in [0.1, 0.15) is 0 Å². The number of Topliss-reactive ketones (excluding diaryl/α,β-unsaturated/α-hetero) is 1. The van der Waals surface area contributed by atoms with Gasteiger partial charge in [0.25, 0.3) is 0 Å². The fraction of sp³-hybridized carbons (Fsp3) is 0.308. The lowest BCUT2D eigenvalue weighted by Gasteiger charge is -2.09. The molecule has 1 rings (SSSR count). The average molecular weight is 202 g/mol. The smallest absolute Gasteiger partial charge is 0.162 e. The summed E-state index contributed by atoms with van der Waals surface area (Å²) in [5, 5.41) is 3.96. The summed E-state index contributed by atoms with van der Waals surface area (Å²) < 4.78 is 0. The van der Waals surface area contributed by atoms with E-state index < -0.39 is 0 Å². The third kappa shape index (κ3) is 3.68. The normalized spacial score (nSPS) is 9.93. The van der Waals surface area contributed by atoms with Gasteiger partial charge in [-0.1, -0.05) is 43.3 Å². The first-order valence-electron chi connectivity index (χ1n) is 5.09. The molecule has 0 heterocycles. The Balaban J connectivity index is 2.54. The van der Waals surface area contributed by atoms with Crippen molar-refractivity contribution in [2.45, 2.75) is 12.8 Å². The van der Waals surface area contributed by atoms with Gasteiger partial charge in [0, 0.05) is 12.0 Å². The van der Waals surface area contributed by atoms with Crippen LogP contribution in [0.5, 0.6) is 0 Å². The zero-order valence-electron chi connectivity index (χ0n) is 9.07. The van der Waals surface area contributed by atoms with Crippen LogP contribution in [-0.2, 0) is 0 Å². The zero-order valence-corrected chi connectivity index (χ0v) is 9.07. The van der Waals surface area contributed by atoms with Gasteiger partial charge in [-0.05, 0) is 5.56 Å². The minimum atomic E-state index is 0.189. The Morgan fingerprint density at radius 2 is 2.07 bits per heavy atom.